The third-order valence-electron chi connectivity index (χ3n) is 2.55. The minimum absolute atomic E-state index is 0.229. The second-order valence-electron chi connectivity index (χ2n) is 3.65. The number of carbonyl (C=O) groups is 2. The van der Waals surface area contributed by atoms with Crippen LogP contribution in [-0.4, -0.2) is 35.0 Å². The quantitative estimate of drug-likeness (QED) is 0.877. The first-order valence-corrected chi connectivity index (χ1v) is 5.96. The van der Waals surface area contributed by atoms with Crippen molar-refractivity contribution in [1.82, 2.24) is 4.90 Å². The Bertz CT molecular complexity index is 400. The van der Waals surface area contributed by atoms with Gasteiger partial charge in [0.1, 0.15) is 6.04 Å². The molecule has 4 nitrogen and oxygen atoms in total. The number of rotatable bonds is 4. The van der Waals surface area contributed by atoms with Crippen molar-refractivity contribution in [3.05, 3.63) is 21.9 Å². The first kappa shape index (κ1) is 12.7. The van der Waals surface area contributed by atoms with E-state index in [1.807, 2.05) is 12.3 Å². The van der Waals surface area contributed by atoms with Gasteiger partial charge in [-0.1, -0.05) is 6.92 Å². The maximum absolute atomic E-state index is 12.0. The number of amides is 1. The van der Waals surface area contributed by atoms with E-state index in [1.54, 1.807) is 12.3 Å². The van der Waals surface area contributed by atoms with Crippen LogP contribution in [0, 0.1) is 6.92 Å². The lowest BCUT2D eigenvalue weighted by Crippen LogP contribution is -2.42. The predicted octanol–water partition coefficient (Wildman–Crippen LogP) is 1.99. The predicted molar refractivity (Wildman–Crippen MR) is 62.9 cm³/mol. The lowest BCUT2D eigenvalue weighted by Gasteiger charge is -2.23. The molecule has 1 amide bonds. The largest absolute Gasteiger partial charge is 0.480 e. The molecule has 1 aromatic heterocycles. The van der Waals surface area contributed by atoms with Gasteiger partial charge in [-0.05, 0) is 24.3 Å². The number of nitrogens with zero attached hydrogens (tertiary/aromatic N) is 1. The van der Waals surface area contributed by atoms with Gasteiger partial charge in [0.15, 0.2) is 0 Å². The number of aryl methyl sites for hydroxylation is 1. The Kier molecular flexibility index (Phi) is 4.06. The fourth-order valence-electron chi connectivity index (χ4n) is 1.53. The van der Waals surface area contributed by atoms with Crippen LogP contribution in [0.1, 0.15) is 29.3 Å². The summed E-state index contributed by atoms with van der Waals surface area (Å²) in [5, 5.41) is 12.6. The van der Waals surface area contributed by atoms with Gasteiger partial charge in [0, 0.05) is 12.4 Å². The maximum atomic E-state index is 12.0. The number of carboxylic acids is 1. The average molecular weight is 241 g/mol. The Morgan fingerprint density at radius 3 is 2.50 bits per heavy atom. The van der Waals surface area contributed by atoms with Gasteiger partial charge in [-0.25, -0.2) is 4.79 Å². The highest BCUT2D eigenvalue weighted by molar-refractivity contribution is 7.08. The van der Waals surface area contributed by atoms with Gasteiger partial charge in [-0.2, -0.15) is 11.3 Å². The fourth-order valence-corrected chi connectivity index (χ4v) is 2.35. The van der Waals surface area contributed by atoms with Gasteiger partial charge in [0.05, 0.1) is 5.56 Å². The summed E-state index contributed by atoms with van der Waals surface area (Å²) in [6.45, 7) is 3.60. The van der Waals surface area contributed by atoms with E-state index in [0.717, 1.165) is 5.56 Å². The van der Waals surface area contributed by atoms with E-state index in [2.05, 4.69) is 0 Å². The molecule has 0 fully saturated rings. The van der Waals surface area contributed by atoms with Crippen LogP contribution in [0.5, 0.6) is 0 Å². The molecule has 1 heterocycles. The van der Waals surface area contributed by atoms with Gasteiger partial charge >= 0.3 is 5.97 Å². The molecule has 1 aromatic rings. The molecule has 5 heteroatoms. The Hall–Kier alpha value is -1.36. The van der Waals surface area contributed by atoms with E-state index >= 15 is 0 Å². The van der Waals surface area contributed by atoms with Crippen molar-refractivity contribution in [1.29, 1.82) is 0 Å². The van der Waals surface area contributed by atoms with E-state index in [0.29, 0.717) is 12.0 Å². The molecule has 88 valence electrons. The molecule has 0 saturated heterocycles. The Labute approximate surface area is 98.5 Å². The monoisotopic (exact) mass is 241 g/mol. The zero-order chi connectivity index (χ0) is 12.3. The fraction of sp³-hybridized carbons (Fsp3) is 0.455. The number of carboxylic acid groups (broad SMARTS) is 1. The molecule has 1 N–H and O–H groups in total. The van der Waals surface area contributed by atoms with Crippen molar-refractivity contribution in [2.45, 2.75) is 26.3 Å². The summed E-state index contributed by atoms with van der Waals surface area (Å²) in [7, 11) is 1.53. The first-order valence-electron chi connectivity index (χ1n) is 5.01. The summed E-state index contributed by atoms with van der Waals surface area (Å²) in [6, 6.07) is -0.758. The van der Waals surface area contributed by atoms with Gasteiger partial charge in [0.2, 0.25) is 0 Å². The first-order chi connectivity index (χ1) is 7.49. The molecular formula is C11H15NO3S. The molecule has 1 rings (SSSR count). The Morgan fingerprint density at radius 1 is 1.50 bits per heavy atom. The molecule has 0 aliphatic heterocycles. The van der Waals surface area contributed by atoms with Crippen LogP contribution in [0.4, 0.5) is 0 Å². The van der Waals surface area contributed by atoms with Crippen LogP contribution in [0.2, 0.25) is 0 Å². The number of thiophene rings is 1. The van der Waals surface area contributed by atoms with Crippen molar-refractivity contribution in [3.63, 3.8) is 0 Å². The number of aliphatic carboxylic acids is 1. The molecule has 0 saturated carbocycles. The van der Waals surface area contributed by atoms with Gasteiger partial charge in [-0.3, -0.25) is 4.79 Å². The van der Waals surface area contributed by atoms with E-state index < -0.39 is 12.0 Å². The molecule has 16 heavy (non-hydrogen) atoms. The van der Waals surface area contributed by atoms with Crippen LogP contribution in [-0.2, 0) is 4.79 Å². The van der Waals surface area contributed by atoms with E-state index in [-0.39, 0.29) is 5.91 Å². The zero-order valence-corrected chi connectivity index (χ0v) is 10.4. The zero-order valence-electron chi connectivity index (χ0n) is 9.56. The van der Waals surface area contributed by atoms with E-state index in [4.69, 9.17) is 5.11 Å². The van der Waals surface area contributed by atoms with Gasteiger partial charge in [0.25, 0.3) is 5.91 Å². The Balaban J connectivity index is 2.90. The van der Waals surface area contributed by atoms with Crippen molar-refractivity contribution >= 4 is 23.2 Å². The minimum atomic E-state index is -0.966. The highest BCUT2D eigenvalue weighted by atomic mass is 32.1. The molecule has 0 bridgehead atoms. The van der Waals surface area contributed by atoms with Crippen molar-refractivity contribution < 1.29 is 14.7 Å². The standard InChI is InChI=1S/C11H15NO3S/c1-4-9(11(14)15)12(3)10(13)8-6-16-5-7(8)2/h5-6,9H,4H2,1-3H3,(H,14,15). The highest BCUT2D eigenvalue weighted by Gasteiger charge is 2.26. The Morgan fingerprint density at radius 2 is 2.12 bits per heavy atom. The molecule has 0 aromatic carbocycles. The normalized spacial score (nSPS) is 12.2. The van der Waals surface area contributed by atoms with Gasteiger partial charge in [-0.15, -0.1) is 0 Å². The lowest BCUT2D eigenvalue weighted by molar-refractivity contribution is -0.142. The molecule has 0 aliphatic rings. The molecule has 0 aliphatic carbocycles. The highest BCUT2D eigenvalue weighted by Crippen LogP contribution is 2.17. The van der Waals surface area contributed by atoms with Crippen LogP contribution in [0.15, 0.2) is 10.8 Å². The van der Waals surface area contributed by atoms with Crippen LogP contribution >= 0.6 is 11.3 Å². The molecule has 0 radical (unpaired) electrons. The van der Waals surface area contributed by atoms with Crippen molar-refractivity contribution in [3.8, 4) is 0 Å². The van der Waals surface area contributed by atoms with Crippen LogP contribution < -0.4 is 0 Å². The third kappa shape index (κ3) is 2.41. The van der Waals surface area contributed by atoms with Crippen molar-refractivity contribution in [2.75, 3.05) is 7.05 Å². The minimum Gasteiger partial charge on any atom is -0.480 e. The maximum Gasteiger partial charge on any atom is 0.326 e. The summed E-state index contributed by atoms with van der Waals surface area (Å²) in [4.78, 5) is 24.2. The topological polar surface area (TPSA) is 57.6 Å². The van der Waals surface area contributed by atoms with Crippen LogP contribution in [0.25, 0.3) is 0 Å². The average Bonchev–Trinajstić information content (AvgIpc) is 2.63. The number of carbonyl (C=O) groups excluding carboxylic acids is 1. The number of likely N-dealkylation sites (N-methyl/N-ethyl adjacent to an activating group) is 1. The second kappa shape index (κ2) is 5.12. The summed E-state index contributed by atoms with van der Waals surface area (Å²) < 4.78 is 0. The van der Waals surface area contributed by atoms with Crippen molar-refractivity contribution in [2.24, 2.45) is 0 Å². The van der Waals surface area contributed by atoms with Crippen LogP contribution in [0.3, 0.4) is 0 Å². The lowest BCUT2D eigenvalue weighted by atomic mass is 10.1. The summed E-state index contributed by atoms with van der Waals surface area (Å²) in [6.07, 6.45) is 0.404. The van der Waals surface area contributed by atoms with E-state index in [1.165, 1.54) is 23.3 Å². The smallest absolute Gasteiger partial charge is 0.326 e. The SMILES string of the molecule is CCC(C(=O)O)N(C)C(=O)c1cscc1C. The molecule has 0 spiro atoms. The second-order valence-corrected chi connectivity index (χ2v) is 4.39. The summed E-state index contributed by atoms with van der Waals surface area (Å²) >= 11 is 1.44. The molecular weight excluding hydrogens is 226 g/mol. The third-order valence-corrected chi connectivity index (χ3v) is 3.41. The van der Waals surface area contributed by atoms with Gasteiger partial charge < -0.3 is 10.0 Å². The molecule has 1 atom stereocenters. The molecule has 1 unspecified atom stereocenters. The van der Waals surface area contributed by atoms with E-state index in [9.17, 15) is 9.59 Å². The summed E-state index contributed by atoms with van der Waals surface area (Å²) in [5.74, 6) is -1.20. The number of hydrogen-bond acceptors (Lipinski definition) is 3. The summed E-state index contributed by atoms with van der Waals surface area (Å²) in [5.41, 5.74) is 1.48. The number of hydrogen-bond donors (Lipinski definition) is 1.